The van der Waals surface area contributed by atoms with Crippen LogP contribution in [-0.4, -0.2) is 51.3 Å². The first-order valence-electron chi connectivity index (χ1n) is 6.68. The molecule has 0 aromatic rings. The van der Waals surface area contributed by atoms with Crippen molar-refractivity contribution in [2.75, 3.05) is 40.4 Å². The molecule has 1 saturated heterocycles. The Morgan fingerprint density at radius 2 is 2.00 bits per heavy atom. The fraction of sp³-hybridized carbons (Fsp3) is 1.00. The molecule has 0 aromatic heterocycles. The summed E-state index contributed by atoms with van der Waals surface area (Å²) in [4.78, 5) is 2.28. The third kappa shape index (κ3) is 5.83. The van der Waals surface area contributed by atoms with Crippen LogP contribution in [0.15, 0.2) is 0 Å². The molecule has 0 bridgehead atoms. The lowest BCUT2D eigenvalue weighted by Gasteiger charge is -2.29. The molecule has 1 unspecified atom stereocenters. The van der Waals surface area contributed by atoms with Crippen LogP contribution < -0.4 is 5.32 Å². The van der Waals surface area contributed by atoms with Crippen molar-refractivity contribution in [3.8, 4) is 0 Å². The highest BCUT2D eigenvalue weighted by Crippen LogP contribution is 2.20. The summed E-state index contributed by atoms with van der Waals surface area (Å²) in [6.45, 7) is 6.45. The minimum Gasteiger partial charge on any atom is -0.381 e. The maximum Gasteiger partial charge on any atom is 0.0468 e. The van der Waals surface area contributed by atoms with Crippen LogP contribution in [0.3, 0.4) is 0 Å². The van der Waals surface area contributed by atoms with Gasteiger partial charge in [-0.25, -0.2) is 0 Å². The molecule has 1 N–H and O–H groups in total. The molecular weight excluding hydrogens is 200 g/mol. The van der Waals surface area contributed by atoms with Crippen molar-refractivity contribution in [1.82, 2.24) is 10.2 Å². The Balaban J connectivity index is 2.28. The van der Waals surface area contributed by atoms with Gasteiger partial charge in [-0.05, 0) is 52.2 Å². The third-order valence-corrected chi connectivity index (χ3v) is 3.23. The van der Waals surface area contributed by atoms with Gasteiger partial charge in [0, 0.05) is 25.8 Å². The quantitative estimate of drug-likeness (QED) is 0.718. The average molecular weight is 228 g/mol. The van der Waals surface area contributed by atoms with E-state index in [0.717, 1.165) is 32.2 Å². The van der Waals surface area contributed by atoms with Crippen LogP contribution >= 0.6 is 0 Å². The molecule has 3 heteroatoms. The van der Waals surface area contributed by atoms with Crippen LogP contribution in [-0.2, 0) is 4.74 Å². The van der Waals surface area contributed by atoms with E-state index in [4.69, 9.17) is 4.74 Å². The van der Waals surface area contributed by atoms with Crippen LogP contribution in [0.25, 0.3) is 0 Å². The zero-order valence-electron chi connectivity index (χ0n) is 11.2. The van der Waals surface area contributed by atoms with E-state index in [1.807, 2.05) is 0 Å². The summed E-state index contributed by atoms with van der Waals surface area (Å²) >= 11 is 0. The predicted octanol–water partition coefficient (Wildman–Crippen LogP) is 1.73. The van der Waals surface area contributed by atoms with E-state index >= 15 is 0 Å². The molecule has 1 rings (SSSR count). The lowest BCUT2D eigenvalue weighted by molar-refractivity contribution is 0.0594. The summed E-state index contributed by atoms with van der Waals surface area (Å²) in [5, 5.41) is 3.67. The fourth-order valence-corrected chi connectivity index (χ4v) is 2.40. The molecule has 96 valence electrons. The molecule has 1 fully saturated rings. The summed E-state index contributed by atoms with van der Waals surface area (Å²) in [5.74, 6) is 0.864. The lowest BCUT2D eigenvalue weighted by atomic mass is 9.92. The largest absolute Gasteiger partial charge is 0.381 e. The van der Waals surface area contributed by atoms with E-state index in [0.29, 0.717) is 6.04 Å². The first-order valence-corrected chi connectivity index (χ1v) is 6.68. The molecular formula is C13H28N2O. The molecule has 16 heavy (non-hydrogen) atoms. The maximum absolute atomic E-state index is 5.41. The smallest absolute Gasteiger partial charge is 0.0468 e. The Hall–Kier alpha value is -0.120. The topological polar surface area (TPSA) is 24.5 Å². The number of nitrogens with one attached hydrogen (secondary N) is 1. The highest BCUT2D eigenvalue weighted by molar-refractivity contribution is 4.75. The summed E-state index contributed by atoms with van der Waals surface area (Å²) < 4.78 is 5.41. The van der Waals surface area contributed by atoms with Gasteiger partial charge in [-0.15, -0.1) is 0 Å². The Labute approximate surface area is 101 Å². The normalized spacial score (nSPS) is 20.2. The third-order valence-electron chi connectivity index (χ3n) is 3.23. The van der Waals surface area contributed by atoms with Gasteiger partial charge in [0.25, 0.3) is 0 Å². The van der Waals surface area contributed by atoms with Crippen LogP contribution in [0.2, 0.25) is 0 Å². The summed E-state index contributed by atoms with van der Waals surface area (Å²) in [5.41, 5.74) is 0. The second kappa shape index (κ2) is 8.04. The van der Waals surface area contributed by atoms with Crippen molar-refractivity contribution in [2.24, 2.45) is 5.92 Å². The monoisotopic (exact) mass is 228 g/mol. The lowest BCUT2D eigenvalue weighted by Crippen LogP contribution is -2.40. The van der Waals surface area contributed by atoms with Crippen LogP contribution in [0, 0.1) is 5.92 Å². The standard InChI is InChI=1S/C13H28N2O/c1-4-7-14-13(11-15(2)3)10-12-5-8-16-9-6-12/h12-14H,4-11H2,1-3H3. The number of likely N-dealkylation sites (N-methyl/N-ethyl adjacent to an activating group) is 1. The Bertz CT molecular complexity index is 167. The second-order valence-electron chi connectivity index (χ2n) is 5.20. The van der Waals surface area contributed by atoms with Crippen LogP contribution in [0.1, 0.15) is 32.6 Å². The van der Waals surface area contributed by atoms with Crippen molar-refractivity contribution < 1.29 is 4.74 Å². The molecule has 0 aliphatic carbocycles. The molecule has 1 heterocycles. The Morgan fingerprint density at radius 3 is 2.56 bits per heavy atom. The van der Waals surface area contributed by atoms with Crippen molar-refractivity contribution in [3.63, 3.8) is 0 Å². The van der Waals surface area contributed by atoms with Gasteiger partial charge < -0.3 is 15.0 Å². The van der Waals surface area contributed by atoms with Gasteiger partial charge in [0.05, 0.1) is 0 Å². The van der Waals surface area contributed by atoms with Crippen molar-refractivity contribution in [3.05, 3.63) is 0 Å². The number of nitrogens with zero attached hydrogens (tertiary/aromatic N) is 1. The van der Waals surface area contributed by atoms with E-state index < -0.39 is 0 Å². The maximum atomic E-state index is 5.41. The highest BCUT2D eigenvalue weighted by atomic mass is 16.5. The van der Waals surface area contributed by atoms with Crippen molar-refractivity contribution in [1.29, 1.82) is 0 Å². The SMILES string of the molecule is CCCNC(CC1CCOCC1)CN(C)C. The predicted molar refractivity (Wildman–Crippen MR) is 68.8 cm³/mol. The van der Waals surface area contributed by atoms with Gasteiger partial charge in [0.15, 0.2) is 0 Å². The van der Waals surface area contributed by atoms with Crippen molar-refractivity contribution in [2.45, 2.75) is 38.6 Å². The first-order chi connectivity index (χ1) is 7.72. The van der Waals surface area contributed by atoms with Gasteiger partial charge in [-0.2, -0.15) is 0 Å². The summed E-state index contributed by atoms with van der Waals surface area (Å²) in [7, 11) is 4.31. The highest BCUT2D eigenvalue weighted by Gasteiger charge is 2.19. The number of ether oxygens (including phenoxy) is 1. The number of hydrogen-bond acceptors (Lipinski definition) is 3. The minimum absolute atomic E-state index is 0.651. The Morgan fingerprint density at radius 1 is 1.31 bits per heavy atom. The summed E-state index contributed by atoms with van der Waals surface area (Å²) in [6.07, 6.45) is 5.02. The van der Waals surface area contributed by atoms with Gasteiger partial charge in [-0.3, -0.25) is 0 Å². The van der Waals surface area contributed by atoms with Crippen molar-refractivity contribution >= 4 is 0 Å². The number of hydrogen-bond donors (Lipinski definition) is 1. The molecule has 1 aliphatic heterocycles. The zero-order chi connectivity index (χ0) is 11.8. The first kappa shape index (κ1) is 13.9. The number of rotatable bonds is 7. The molecule has 0 spiro atoms. The van der Waals surface area contributed by atoms with Gasteiger partial charge in [-0.1, -0.05) is 6.92 Å². The zero-order valence-corrected chi connectivity index (χ0v) is 11.2. The van der Waals surface area contributed by atoms with Gasteiger partial charge in [0.2, 0.25) is 0 Å². The van der Waals surface area contributed by atoms with Crippen LogP contribution in [0.4, 0.5) is 0 Å². The van der Waals surface area contributed by atoms with E-state index in [9.17, 15) is 0 Å². The van der Waals surface area contributed by atoms with Gasteiger partial charge in [0.1, 0.15) is 0 Å². The Kier molecular flexibility index (Phi) is 7.01. The van der Waals surface area contributed by atoms with E-state index in [-0.39, 0.29) is 0 Å². The van der Waals surface area contributed by atoms with E-state index in [1.54, 1.807) is 0 Å². The fourth-order valence-electron chi connectivity index (χ4n) is 2.40. The molecule has 0 radical (unpaired) electrons. The molecule has 1 aliphatic rings. The van der Waals surface area contributed by atoms with Crippen LogP contribution in [0.5, 0.6) is 0 Å². The van der Waals surface area contributed by atoms with Gasteiger partial charge >= 0.3 is 0 Å². The molecule has 0 saturated carbocycles. The molecule has 0 amide bonds. The summed E-state index contributed by atoms with van der Waals surface area (Å²) in [6, 6.07) is 0.651. The molecule has 3 nitrogen and oxygen atoms in total. The molecule has 0 aromatic carbocycles. The van der Waals surface area contributed by atoms with E-state index in [2.05, 4.69) is 31.2 Å². The second-order valence-corrected chi connectivity index (χ2v) is 5.20. The molecule has 1 atom stereocenters. The van der Waals surface area contributed by atoms with E-state index in [1.165, 1.54) is 25.7 Å². The minimum atomic E-state index is 0.651. The average Bonchev–Trinajstić information content (AvgIpc) is 2.26.